The quantitative estimate of drug-likeness (QED) is 0.762. The zero-order valence-corrected chi connectivity index (χ0v) is 14.7. The summed E-state index contributed by atoms with van der Waals surface area (Å²) in [4.78, 5) is 11.6. The highest BCUT2D eigenvalue weighted by Gasteiger charge is 2.51. The summed E-state index contributed by atoms with van der Waals surface area (Å²) in [6, 6.07) is 15.9. The summed E-state index contributed by atoms with van der Waals surface area (Å²) in [7, 11) is 0. The Balaban J connectivity index is 1.86. The minimum absolute atomic E-state index is 0.178. The third-order valence-corrected chi connectivity index (χ3v) is 5.60. The summed E-state index contributed by atoms with van der Waals surface area (Å²) in [5.41, 5.74) is 1.09. The van der Waals surface area contributed by atoms with Crippen molar-refractivity contribution < 1.29 is 14.3 Å². The van der Waals surface area contributed by atoms with Gasteiger partial charge in [0.05, 0.1) is 0 Å². The molecule has 3 rings (SSSR count). The van der Waals surface area contributed by atoms with Gasteiger partial charge in [0.25, 0.3) is 0 Å². The summed E-state index contributed by atoms with van der Waals surface area (Å²) in [6.45, 7) is 8.69. The van der Waals surface area contributed by atoms with E-state index in [1.165, 1.54) is 0 Å². The first kappa shape index (κ1) is 16.6. The molecule has 0 bridgehead atoms. The maximum Gasteiger partial charge on any atom is 0.166 e. The predicted molar refractivity (Wildman–Crippen MR) is 94.5 cm³/mol. The molecule has 0 radical (unpaired) electrons. The maximum absolute atomic E-state index is 11.6. The molecule has 1 aliphatic rings. The number of fused-ring (bicyclic) bond motifs is 1. The highest BCUT2D eigenvalue weighted by Crippen LogP contribution is 2.52. The maximum atomic E-state index is 11.6. The van der Waals surface area contributed by atoms with E-state index in [4.69, 9.17) is 9.47 Å². The SMILES string of the molecule is CC1c2cc(OCc3ccccc3)ccc2OC(C)(C=O)C1(C)C. The van der Waals surface area contributed by atoms with E-state index in [-0.39, 0.29) is 11.3 Å². The molecule has 2 aromatic rings. The molecule has 1 aliphatic heterocycles. The van der Waals surface area contributed by atoms with E-state index in [9.17, 15) is 4.79 Å². The van der Waals surface area contributed by atoms with Gasteiger partial charge in [0.2, 0.25) is 0 Å². The number of carbonyl (C=O) groups is 1. The molecular weight excluding hydrogens is 300 g/mol. The third-order valence-electron chi connectivity index (χ3n) is 5.60. The van der Waals surface area contributed by atoms with Crippen molar-refractivity contribution in [3.8, 4) is 11.5 Å². The van der Waals surface area contributed by atoms with E-state index in [0.29, 0.717) is 6.61 Å². The Bertz CT molecular complexity index is 736. The van der Waals surface area contributed by atoms with Gasteiger partial charge in [-0.1, -0.05) is 51.1 Å². The van der Waals surface area contributed by atoms with Crippen LogP contribution in [0, 0.1) is 5.41 Å². The van der Waals surface area contributed by atoms with E-state index in [1.54, 1.807) is 0 Å². The Morgan fingerprint density at radius 3 is 2.50 bits per heavy atom. The summed E-state index contributed by atoms with van der Waals surface area (Å²) in [5.74, 6) is 1.76. The number of carbonyl (C=O) groups excluding carboxylic acids is 1. The molecule has 0 saturated heterocycles. The molecule has 0 saturated carbocycles. The number of hydrogen-bond donors (Lipinski definition) is 0. The Labute approximate surface area is 143 Å². The van der Waals surface area contributed by atoms with Crippen molar-refractivity contribution in [2.75, 3.05) is 0 Å². The Kier molecular flexibility index (Phi) is 4.12. The molecule has 1 heterocycles. The van der Waals surface area contributed by atoms with E-state index in [2.05, 4.69) is 20.8 Å². The average molecular weight is 324 g/mol. The average Bonchev–Trinajstić information content (AvgIpc) is 2.59. The molecule has 3 nitrogen and oxygen atoms in total. The van der Waals surface area contributed by atoms with Gasteiger partial charge in [-0.15, -0.1) is 0 Å². The molecule has 0 aliphatic carbocycles. The minimum Gasteiger partial charge on any atom is -0.489 e. The zero-order valence-electron chi connectivity index (χ0n) is 14.7. The van der Waals surface area contributed by atoms with E-state index in [0.717, 1.165) is 28.9 Å². The van der Waals surface area contributed by atoms with Gasteiger partial charge in [0.1, 0.15) is 18.1 Å². The largest absolute Gasteiger partial charge is 0.489 e. The molecule has 2 atom stereocenters. The molecule has 0 aromatic heterocycles. The second kappa shape index (κ2) is 5.97. The molecule has 3 heteroatoms. The fourth-order valence-corrected chi connectivity index (χ4v) is 3.14. The van der Waals surface area contributed by atoms with Crippen molar-refractivity contribution in [2.45, 2.75) is 45.8 Å². The first-order valence-corrected chi connectivity index (χ1v) is 8.33. The van der Waals surface area contributed by atoms with Gasteiger partial charge in [-0.05, 0) is 36.6 Å². The van der Waals surface area contributed by atoms with Crippen LogP contribution in [0.1, 0.15) is 44.7 Å². The van der Waals surface area contributed by atoms with Crippen LogP contribution in [-0.2, 0) is 11.4 Å². The van der Waals surface area contributed by atoms with Gasteiger partial charge < -0.3 is 9.47 Å². The number of ether oxygens (including phenoxy) is 2. The smallest absolute Gasteiger partial charge is 0.166 e. The van der Waals surface area contributed by atoms with Crippen LogP contribution in [0.2, 0.25) is 0 Å². The third kappa shape index (κ3) is 2.68. The lowest BCUT2D eigenvalue weighted by atomic mass is 9.64. The standard InChI is InChI=1S/C21H24O3/c1-15-18-12-17(23-13-16-8-6-5-7-9-16)10-11-19(18)24-21(4,14-22)20(15,2)3/h5-12,14-15H,13H2,1-4H3. The van der Waals surface area contributed by atoms with Crippen LogP contribution in [-0.4, -0.2) is 11.9 Å². The monoisotopic (exact) mass is 324 g/mol. The molecule has 126 valence electrons. The van der Waals surface area contributed by atoms with Crippen LogP contribution in [0.4, 0.5) is 0 Å². The second-order valence-corrected chi connectivity index (χ2v) is 7.24. The Morgan fingerprint density at radius 1 is 1.12 bits per heavy atom. The topological polar surface area (TPSA) is 35.5 Å². The molecule has 0 fully saturated rings. The van der Waals surface area contributed by atoms with Crippen LogP contribution < -0.4 is 9.47 Å². The van der Waals surface area contributed by atoms with Gasteiger partial charge >= 0.3 is 0 Å². The van der Waals surface area contributed by atoms with Crippen LogP contribution in [0.5, 0.6) is 11.5 Å². The van der Waals surface area contributed by atoms with Gasteiger partial charge in [0, 0.05) is 11.0 Å². The molecule has 2 aromatic carbocycles. The molecule has 24 heavy (non-hydrogen) atoms. The van der Waals surface area contributed by atoms with Gasteiger partial charge in [-0.25, -0.2) is 0 Å². The zero-order chi connectivity index (χ0) is 17.4. The molecule has 2 unspecified atom stereocenters. The molecular formula is C21H24O3. The number of aldehydes is 1. The van der Waals surface area contributed by atoms with Gasteiger partial charge in [-0.2, -0.15) is 0 Å². The van der Waals surface area contributed by atoms with Crippen molar-refractivity contribution in [1.29, 1.82) is 0 Å². The van der Waals surface area contributed by atoms with Crippen LogP contribution in [0.3, 0.4) is 0 Å². The van der Waals surface area contributed by atoms with E-state index < -0.39 is 5.60 Å². The normalized spacial score (nSPS) is 24.6. The molecule has 0 spiro atoms. The highest BCUT2D eigenvalue weighted by atomic mass is 16.5. The Hall–Kier alpha value is -2.29. The first-order chi connectivity index (χ1) is 11.4. The van der Waals surface area contributed by atoms with Gasteiger partial charge in [-0.3, -0.25) is 4.79 Å². The number of hydrogen-bond acceptors (Lipinski definition) is 3. The fourth-order valence-electron chi connectivity index (χ4n) is 3.14. The lowest BCUT2D eigenvalue weighted by Crippen LogP contribution is -2.53. The van der Waals surface area contributed by atoms with E-state index >= 15 is 0 Å². The van der Waals surface area contributed by atoms with Crippen molar-refractivity contribution in [2.24, 2.45) is 5.41 Å². The second-order valence-electron chi connectivity index (χ2n) is 7.24. The van der Waals surface area contributed by atoms with Crippen LogP contribution in [0.25, 0.3) is 0 Å². The lowest BCUT2D eigenvalue weighted by Gasteiger charge is -2.49. The highest BCUT2D eigenvalue weighted by molar-refractivity contribution is 5.67. The summed E-state index contributed by atoms with van der Waals surface area (Å²) in [5, 5.41) is 0. The number of benzene rings is 2. The molecule has 0 N–H and O–H groups in total. The van der Waals surface area contributed by atoms with Crippen molar-refractivity contribution >= 4 is 6.29 Å². The molecule has 0 amide bonds. The van der Waals surface area contributed by atoms with Crippen LogP contribution in [0.15, 0.2) is 48.5 Å². The first-order valence-electron chi connectivity index (χ1n) is 8.33. The minimum atomic E-state index is -0.828. The van der Waals surface area contributed by atoms with Crippen molar-refractivity contribution in [3.05, 3.63) is 59.7 Å². The van der Waals surface area contributed by atoms with Crippen LogP contribution >= 0.6 is 0 Å². The van der Waals surface area contributed by atoms with Crippen molar-refractivity contribution in [1.82, 2.24) is 0 Å². The summed E-state index contributed by atoms with van der Waals surface area (Å²) >= 11 is 0. The summed E-state index contributed by atoms with van der Waals surface area (Å²) < 4.78 is 12.0. The van der Waals surface area contributed by atoms with Gasteiger partial charge in [0.15, 0.2) is 11.9 Å². The summed E-state index contributed by atoms with van der Waals surface area (Å²) in [6.07, 6.45) is 0.923. The number of rotatable bonds is 4. The lowest BCUT2D eigenvalue weighted by molar-refractivity contribution is -0.134. The fraction of sp³-hybridized carbons (Fsp3) is 0.381. The Morgan fingerprint density at radius 2 is 1.83 bits per heavy atom. The van der Waals surface area contributed by atoms with Crippen molar-refractivity contribution in [3.63, 3.8) is 0 Å². The predicted octanol–water partition coefficient (Wildman–Crippen LogP) is 4.75. The van der Waals surface area contributed by atoms with E-state index in [1.807, 2.05) is 55.5 Å².